The van der Waals surface area contributed by atoms with Crippen LogP contribution in [0.25, 0.3) is 10.1 Å². The fourth-order valence-corrected chi connectivity index (χ4v) is 3.24. The van der Waals surface area contributed by atoms with Gasteiger partial charge in [-0.3, -0.25) is 0 Å². The molecule has 20 heavy (non-hydrogen) atoms. The van der Waals surface area contributed by atoms with Crippen LogP contribution in [0.1, 0.15) is 36.0 Å². The van der Waals surface area contributed by atoms with E-state index in [1.165, 1.54) is 15.0 Å². The third-order valence-corrected chi connectivity index (χ3v) is 4.38. The number of aryl methyl sites for hydroxylation is 1. The SMILES string of the molecule is CCC(NCc1cc2ccccc2s1)c1noc(C)n1. The Morgan fingerprint density at radius 1 is 1.35 bits per heavy atom. The van der Waals surface area contributed by atoms with Crippen molar-refractivity contribution >= 4 is 21.4 Å². The Balaban J connectivity index is 1.71. The molecule has 0 saturated heterocycles. The zero-order valence-electron chi connectivity index (χ0n) is 11.6. The molecule has 0 amide bonds. The van der Waals surface area contributed by atoms with Gasteiger partial charge in [-0.2, -0.15) is 4.98 Å². The molecule has 3 rings (SSSR count). The summed E-state index contributed by atoms with van der Waals surface area (Å²) in [6.07, 6.45) is 0.934. The predicted molar refractivity (Wildman–Crippen MR) is 80.7 cm³/mol. The van der Waals surface area contributed by atoms with E-state index in [1.54, 1.807) is 0 Å². The molecule has 0 aliphatic rings. The minimum atomic E-state index is 0.137. The molecule has 5 heteroatoms. The first-order chi connectivity index (χ1) is 9.76. The number of hydrogen-bond donors (Lipinski definition) is 1. The molecule has 104 valence electrons. The molecule has 0 saturated carbocycles. The molecular formula is C15H17N3OS. The van der Waals surface area contributed by atoms with E-state index in [1.807, 2.05) is 18.3 Å². The summed E-state index contributed by atoms with van der Waals surface area (Å²) in [6, 6.07) is 10.8. The molecular weight excluding hydrogens is 270 g/mol. The van der Waals surface area contributed by atoms with Gasteiger partial charge in [-0.1, -0.05) is 30.3 Å². The van der Waals surface area contributed by atoms with E-state index in [0.717, 1.165) is 18.8 Å². The fraction of sp³-hybridized carbons (Fsp3) is 0.333. The van der Waals surface area contributed by atoms with Crippen molar-refractivity contribution in [3.05, 3.63) is 46.9 Å². The van der Waals surface area contributed by atoms with Gasteiger partial charge in [0, 0.05) is 23.0 Å². The van der Waals surface area contributed by atoms with Gasteiger partial charge >= 0.3 is 0 Å². The average molecular weight is 287 g/mol. The van der Waals surface area contributed by atoms with Crippen LogP contribution in [0, 0.1) is 6.92 Å². The van der Waals surface area contributed by atoms with Crippen LogP contribution < -0.4 is 5.32 Å². The zero-order chi connectivity index (χ0) is 13.9. The van der Waals surface area contributed by atoms with Crippen LogP contribution in [-0.4, -0.2) is 10.1 Å². The lowest BCUT2D eigenvalue weighted by Crippen LogP contribution is -2.20. The Hall–Kier alpha value is -1.72. The molecule has 0 bridgehead atoms. The van der Waals surface area contributed by atoms with Gasteiger partial charge in [0.15, 0.2) is 5.82 Å². The lowest BCUT2D eigenvalue weighted by Gasteiger charge is -2.11. The quantitative estimate of drug-likeness (QED) is 0.774. The van der Waals surface area contributed by atoms with Gasteiger partial charge in [-0.05, 0) is 23.9 Å². The second-order valence-electron chi connectivity index (χ2n) is 4.76. The molecule has 0 radical (unpaired) electrons. The molecule has 0 fully saturated rings. The van der Waals surface area contributed by atoms with Gasteiger partial charge in [0.2, 0.25) is 5.89 Å². The molecule has 0 aliphatic heterocycles. The van der Waals surface area contributed by atoms with Crippen LogP contribution in [0.2, 0.25) is 0 Å². The topological polar surface area (TPSA) is 51.0 Å². The number of benzene rings is 1. The van der Waals surface area contributed by atoms with Gasteiger partial charge in [0.05, 0.1) is 6.04 Å². The maximum absolute atomic E-state index is 5.05. The standard InChI is InChI=1S/C15H17N3OS/c1-3-13(15-17-10(2)19-18-15)16-9-12-8-11-6-4-5-7-14(11)20-12/h4-8,13,16H,3,9H2,1-2H3. The van der Waals surface area contributed by atoms with Gasteiger partial charge < -0.3 is 9.84 Å². The molecule has 3 aromatic rings. The molecule has 2 aromatic heterocycles. The van der Waals surface area contributed by atoms with Crippen LogP contribution in [0.3, 0.4) is 0 Å². The maximum atomic E-state index is 5.05. The van der Waals surface area contributed by atoms with Gasteiger partial charge in [-0.25, -0.2) is 0 Å². The largest absolute Gasteiger partial charge is 0.340 e. The predicted octanol–water partition coefficient (Wildman–Crippen LogP) is 3.83. The Labute approximate surface area is 121 Å². The first-order valence-electron chi connectivity index (χ1n) is 6.77. The normalized spacial score (nSPS) is 12.9. The number of nitrogens with one attached hydrogen (secondary N) is 1. The lowest BCUT2D eigenvalue weighted by molar-refractivity contribution is 0.374. The van der Waals surface area contributed by atoms with E-state index in [9.17, 15) is 0 Å². The van der Waals surface area contributed by atoms with Gasteiger partial charge in [0.1, 0.15) is 0 Å². The summed E-state index contributed by atoms with van der Waals surface area (Å²) in [6.45, 7) is 4.76. The highest BCUT2D eigenvalue weighted by molar-refractivity contribution is 7.19. The summed E-state index contributed by atoms with van der Waals surface area (Å²) < 4.78 is 6.38. The monoisotopic (exact) mass is 287 g/mol. The molecule has 4 nitrogen and oxygen atoms in total. The average Bonchev–Trinajstić information content (AvgIpc) is 3.05. The van der Waals surface area contributed by atoms with Crippen LogP contribution >= 0.6 is 11.3 Å². The van der Waals surface area contributed by atoms with Crippen molar-refractivity contribution in [2.24, 2.45) is 0 Å². The number of hydrogen-bond acceptors (Lipinski definition) is 5. The second kappa shape index (κ2) is 5.73. The lowest BCUT2D eigenvalue weighted by atomic mass is 10.2. The summed E-state index contributed by atoms with van der Waals surface area (Å²) in [7, 11) is 0. The van der Waals surface area contributed by atoms with Gasteiger partial charge in [-0.15, -0.1) is 11.3 Å². The van der Waals surface area contributed by atoms with Crippen LogP contribution in [0.5, 0.6) is 0 Å². The smallest absolute Gasteiger partial charge is 0.223 e. The van der Waals surface area contributed by atoms with E-state index >= 15 is 0 Å². The summed E-state index contributed by atoms with van der Waals surface area (Å²) in [4.78, 5) is 5.62. The fourth-order valence-electron chi connectivity index (χ4n) is 2.22. The Bertz CT molecular complexity index is 671. The highest BCUT2D eigenvalue weighted by Crippen LogP contribution is 2.25. The Kier molecular flexibility index (Phi) is 3.80. The Morgan fingerprint density at radius 3 is 2.90 bits per heavy atom. The van der Waals surface area contributed by atoms with Crippen molar-refractivity contribution in [1.82, 2.24) is 15.5 Å². The summed E-state index contributed by atoms with van der Waals surface area (Å²) in [5, 5.41) is 8.80. The first-order valence-corrected chi connectivity index (χ1v) is 7.59. The minimum absolute atomic E-state index is 0.137. The molecule has 0 aliphatic carbocycles. The maximum Gasteiger partial charge on any atom is 0.223 e. The number of aromatic nitrogens is 2. The number of rotatable bonds is 5. The van der Waals surface area contributed by atoms with E-state index < -0.39 is 0 Å². The van der Waals surface area contributed by atoms with E-state index in [0.29, 0.717) is 5.89 Å². The highest BCUT2D eigenvalue weighted by Gasteiger charge is 2.15. The van der Waals surface area contributed by atoms with Crippen LogP contribution in [0.4, 0.5) is 0 Å². The minimum Gasteiger partial charge on any atom is -0.340 e. The molecule has 0 spiro atoms. The Morgan fingerprint density at radius 2 is 2.20 bits per heavy atom. The van der Waals surface area contributed by atoms with E-state index in [2.05, 4.69) is 52.7 Å². The van der Waals surface area contributed by atoms with Crippen LogP contribution in [-0.2, 0) is 6.54 Å². The van der Waals surface area contributed by atoms with Crippen molar-refractivity contribution in [2.45, 2.75) is 32.9 Å². The molecule has 1 N–H and O–H groups in total. The first kappa shape index (κ1) is 13.3. The van der Waals surface area contributed by atoms with Gasteiger partial charge in [0.25, 0.3) is 0 Å². The summed E-state index contributed by atoms with van der Waals surface area (Å²) in [5.41, 5.74) is 0. The molecule has 2 heterocycles. The summed E-state index contributed by atoms with van der Waals surface area (Å²) in [5.74, 6) is 1.35. The van der Waals surface area contributed by atoms with E-state index in [4.69, 9.17) is 4.52 Å². The van der Waals surface area contributed by atoms with Crippen LogP contribution in [0.15, 0.2) is 34.9 Å². The molecule has 1 aromatic carbocycles. The second-order valence-corrected chi connectivity index (χ2v) is 5.93. The van der Waals surface area contributed by atoms with Crippen molar-refractivity contribution in [2.75, 3.05) is 0 Å². The van der Waals surface area contributed by atoms with Crippen molar-refractivity contribution in [3.63, 3.8) is 0 Å². The molecule has 1 unspecified atom stereocenters. The van der Waals surface area contributed by atoms with Crippen molar-refractivity contribution in [1.29, 1.82) is 0 Å². The zero-order valence-corrected chi connectivity index (χ0v) is 12.4. The molecule has 1 atom stereocenters. The van der Waals surface area contributed by atoms with Crippen molar-refractivity contribution < 1.29 is 4.52 Å². The number of nitrogens with zero attached hydrogens (tertiary/aromatic N) is 2. The number of fused-ring (bicyclic) bond motifs is 1. The third kappa shape index (κ3) is 2.73. The third-order valence-electron chi connectivity index (χ3n) is 3.26. The van der Waals surface area contributed by atoms with E-state index in [-0.39, 0.29) is 6.04 Å². The van der Waals surface area contributed by atoms with Crippen molar-refractivity contribution in [3.8, 4) is 0 Å². The number of thiophene rings is 1. The summed E-state index contributed by atoms with van der Waals surface area (Å²) >= 11 is 1.82. The highest BCUT2D eigenvalue weighted by atomic mass is 32.1.